The second-order valence-electron chi connectivity index (χ2n) is 3.62. The quantitative estimate of drug-likeness (QED) is 0.802. The molecule has 0 aliphatic carbocycles. The minimum Gasteiger partial charge on any atom is -0.453 e. The summed E-state index contributed by atoms with van der Waals surface area (Å²) >= 11 is 0. The minimum absolute atomic E-state index is 0.0278. The van der Waals surface area contributed by atoms with E-state index >= 15 is 0 Å². The molecule has 2 N–H and O–H groups in total. The second kappa shape index (κ2) is 13.0. The van der Waals surface area contributed by atoms with Crippen molar-refractivity contribution in [3.8, 4) is 0 Å². The third kappa shape index (κ3) is 14.9. The summed E-state index contributed by atoms with van der Waals surface area (Å²) in [6.45, 7) is 11.3. The predicted molar refractivity (Wildman–Crippen MR) is 69.0 cm³/mol. The molecule has 0 aromatic carbocycles. The number of amides is 1. The first kappa shape index (κ1) is 21.2. The molecule has 0 spiro atoms. The molecule has 0 aliphatic rings. The average molecular weight is 249 g/mol. The molecule has 0 heterocycles. The number of alkyl carbamates (subject to hydrolysis) is 1. The molecule has 0 atom stereocenters. The number of hydrogen-bond donors (Lipinski definition) is 2. The van der Waals surface area contributed by atoms with Crippen LogP contribution in [0.15, 0.2) is 0 Å². The first-order valence-corrected chi connectivity index (χ1v) is 5.75. The van der Waals surface area contributed by atoms with Crippen LogP contribution in [0.5, 0.6) is 0 Å². The highest BCUT2D eigenvalue weighted by Gasteiger charge is 2.21. The van der Waals surface area contributed by atoms with Gasteiger partial charge in [0.15, 0.2) is 0 Å². The van der Waals surface area contributed by atoms with Crippen LogP contribution in [0.25, 0.3) is 0 Å². The summed E-state index contributed by atoms with van der Waals surface area (Å²) in [6.07, 6.45) is -0.373. The first-order chi connectivity index (χ1) is 7.81. The fourth-order valence-corrected chi connectivity index (χ4v) is 0.328. The molecule has 104 valence electrons. The molecular weight excluding hydrogens is 222 g/mol. The van der Waals surface area contributed by atoms with Crippen molar-refractivity contribution in [2.45, 2.75) is 41.5 Å². The highest BCUT2D eigenvalue weighted by Crippen LogP contribution is 2.13. The van der Waals surface area contributed by atoms with E-state index in [2.05, 4.69) is 10.1 Å². The normalized spacial score (nSPS) is 8.94. The lowest BCUT2D eigenvalue weighted by molar-refractivity contribution is -0.126. The maximum atomic E-state index is 10.5. The number of aliphatic hydroxyl groups is 1. The smallest absolute Gasteiger partial charge is 0.406 e. The van der Waals surface area contributed by atoms with Gasteiger partial charge in [-0.2, -0.15) is 0 Å². The van der Waals surface area contributed by atoms with Gasteiger partial charge in [0.05, 0.1) is 13.7 Å². The van der Waals surface area contributed by atoms with Crippen molar-refractivity contribution in [1.29, 1.82) is 0 Å². The van der Waals surface area contributed by atoms with Gasteiger partial charge >= 0.3 is 6.09 Å². The minimum atomic E-state index is -0.542. The Labute approximate surface area is 105 Å². The number of ether oxygens (including phenoxy) is 1. The van der Waals surface area contributed by atoms with Crippen LogP contribution < -0.4 is 5.32 Å². The van der Waals surface area contributed by atoms with Gasteiger partial charge in [-0.25, -0.2) is 4.79 Å². The standard InChI is InChI=1S/C6H12O2.C4H9NO2.C2H6/c1-5(8)6(2,3)4-7;1-3-5-4(6)7-2;1-2/h7H,4H2,1-3H3;3H2,1-2H3,(H,5,6);1-2H3. The van der Waals surface area contributed by atoms with Gasteiger partial charge in [-0.1, -0.05) is 27.7 Å². The number of Topliss-reactive ketones (excluding diaryl/α,β-unsaturated/α-hetero) is 1. The fourth-order valence-electron chi connectivity index (χ4n) is 0.328. The van der Waals surface area contributed by atoms with Gasteiger partial charge in [0.1, 0.15) is 5.78 Å². The topological polar surface area (TPSA) is 75.6 Å². The van der Waals surface area contributed by atoms with E-state index < -0.39 is 5.41 Å². The molecule has 0 radical (unpaired) electrons. The summed E-state index contributed by atoms with van der Waals surface area (Å²) in [5, 5.41) is 11.0. The monoisotopic (exact) mass is 249 g/mol. The molecule has 0 unspecified atom stereocenters. The Bertz CT molecular complexity index is 203. The van der Waals surface area contributed by atoms with E-state index in [0.717, 1.165) is 0 Å². The highest BCUT2D eigenvalue weighted by molar-refractivity contribution is 5.81. The Morgan fingerprint density at radius 1 is 1.29 bits per heavy atom. The van der Waals surface area contributed by atoms with Crippen LogP contribution in [0.2, 0.25) is 0 Å². The molecule has 17 heavy (non-hydrogen) atoms. The second-order valence-corrected chi connectivity index (χ2v) is 3.62. The molecule has 5 nitrogen and oxygen atoms in total. The van der Waals surface area contributed by atoms with Crippen molar-refractivity contribution in [3.05, 3.63) is 0 Å². The number of nitrogens with one attached hydrogen (secondary N) is 1. The van der Waals surface area contributed by atoms with Gasteiger partial charge in [0, 0.05) is 12.0 Å². The van der Waals surface area contributed by atoms with E-state index in [1.165, 1.54) is 14.0 Å². The Balaban J connectivity index is -0.000000202. The molecule has 0 saturated carbocycles. The van der Waals surface area contributed by atoms with Crippen LogP contribution in [-0.2, 0) is 9.53 Å². The van der Waals surface area contributed by atoms with Crippen LogP contribution in [0.3, 0.4) is 0 Å². The van der Waals surface area contributed by atoms with Gasteiger partial charge in [0.25, 0.3) is 0 Å². The number of aliphatic hydroxyl groups excluding tert-OH is 1. The number of carbonyl (C=O) groups is 2. The molecule has 0 fully saturated rings. The molecule has 0 saturated heterocycles. The third-order valence-electron chi connectivity index (χ3n) is 1.85. The molecule has 1 amide bonds. The summed E-state index contributed by atoms with van der Waals surface area (Å²) < 4.78 is 4.24. The molecule has 0 aromatic rings. The molecule has 0 rings (SSSR count). The van der Waals surface area contributed by atoms with Crippen LogP contribution in [0.4, 0.5) is 4.79 Å². The van der Waals surface area contributed by atoms with Crippen molar-refractivity contribution in [1.82, 2.24) is 5.32 Å². The summed E-state index contributed by atoms with van der Waals surface area (Å²) in [6, 6.07) is 0. The number of methoxy groups -OCH3 is 1. The van der Waals surface area contributed by atoms with Crippen LogP contribution in [0.1, 0.15) is 41.5 Å². The van der Waals surface area contributed by atoms with E-state index in [-0.39, 0.29) is 18.5 Å². The maximum absolute atomic E-state index is 10.5. The summed E-state index contributed by atoms with van der Waals surface area (Å²) in [4.78, 5) is 20.6. The van der Waals surface area contributed by atoms with Crippen molar-refractivity contribution in [2.24, 2.45) is 5.41 Å². The lowest BCUT2D eigenvalue weighted by Crippen LogP contribution is -2.25. The zero-order chi connectivity index (χ0) is 14.5. The van der Waals surface area contributed by atoms with Crippen molar-refractivity contribution in [3.63, 3.8) is 0 Å². The number of hydrogen-bond acceptors (Lipinski definition) is 4. The third-order valence-corrected chi connectivity index (χ3v) is 1.85. The van der Waals surface area contributed by atoms with Gasteiger partial charge in [0.2, 0.25) is 0 Å². The Kier molecular flexibility index (Phi) is 16.2. The van der Waals surface area contributed by atoms with E-state index in [1.807, 2.05) is 20.8 Å². The van der Waals surface area contributed by atoms with Crippen molar-refractivity contribution in [2.75, 3.05) is 20.3 Å². The fraction of sp³-hybridized carbons (Fsp3) is 0.833. The largest absolute Gasteiger partial charge is 0.453 e. The van der Waals surface area contributed by atoms with Crippen LogP contribution in [0, 0.1) is 5.41 Å². The summed E-state index contributed by atoms with van der Waals surface area (Å²) in [5.74, 6) is 0.0278. The Hall–Kier alpha value is -1.10. The first-order valence-electron chi connectivity index (χ1n) is 5.75. The van der Waals surface area contributed by atoms with Crippen molar-refractivity contribution >= 4 is 11.9 Å². The maximum Gasteiger partial charge on any atom is 0.406 e. The number of ketones is 1. The molecule has 5 heteroatoms. The van der Waals surface area contributed by atoms with Gasteiger partial charge in [-0.3, -0.25) is 4.79 Å². The van der Waals surface area contributed by atoms with Crippen molar-refractivity contribution < 1.29 is 19.4 Å². The van der Waals surface area contributed by atoms with Gasteiger partial charge in [-0.05, 0) is 13.8 Å². The average Bonchev–Trinajstić information content (AvgIpc) is 2.32. The lowest BCUT2D eigenvalue weighted by atomic mass is 9.90. The predicted octanol–water partition coefficient (Wildman–Crippen LogP) is 1.98. The van der Waals surface area contributed by atoms with E-state index in [4.69, 9.17) is 5.11 Å². The van der Waals surface area contributed by atoms with E-state index in [1.54, 1.807) is 13.8 Å². The zero-order valence-corrected chi connectivity index (χ0v) is 12.1. The number of carbonyl (C=O) groups excluding carboxylic acids is 2. The molecular formula is C12H27NO4. The highest BCUT2D eigenvalue weighted by atomic mass is 16.5. The molecule has 0 aromatic heterocycles. The van der Waals surface area contributed by atoms with Gasteiger partial charge in [-0.15, -0.1) is 0 Å². The lowest BCUT2D eigenvalue weighted by Gasteiger charge is -2.15. The molecule has 0 aliphatic heterocycles. The van der Waals surface area contributed by atoms with Crippen LogP contribution >= 0.6 is 0 Å². The molecule has 0 bridgehead atoms. The Morgan fingerprint density at radius 2 is 1.71 bits per heavy atom. The van der Waals surface area contributed by atoms with E-state index in [0.29, 0.717) is 6.54 Å². The number of rotatable bonds is 3. The van der Waals surface area contributed by atoms with Gasteiger partial charge < -0.3 is 15.2 Å². The SMILES string of the molecule is CC.CC(=O)C(C)(C)CO.CCNC(=O)OC. The summed E-state index contributed by atoms with van der Waals surface area (Å²) in [7, 11) is 1.34. The Morgan fingerprint density at radius 3 is 1.76 bits per heavy atom. The zero-order valence-electron chi connectivity index (χ0n) is 12.1. The van der Waals surface area contributed by atoms with Crippen LogP contribution in [-0.4, -0.2) is 37.2 Å². The summed E-state index contributed by atoms with van der Waals surface area (Å²) in [5.41, 5.74) is -0.542. The van der Waals surface area contributed by atoms with E-state index in [9.17, 15) is 9.59 Å².